The van der Waals surface area contributed by atoms with Crippen molar-refractivity contribution in [3.63, 3.8) is 0 Å². The number of rotatable bonds is 5. The molecule has 0 bridgehead atoms. The fraction of sp³-hybridized carbons (Fsp3) is 0.100. The normalized spacial score (nSPS) is 10.8. The molecule has 0 saturated heterocycles. The van der Waals surface area contributed by atoms with Crippen LogP contribution in [0, 0.1) is 17.0 Å². The molecular weight excluding hydrogens is 392 g/mol. The molecule has 2 aromatic carbocycles. The zero-order valence-corrected chi connectivity index (χ0v) is 16.4. The molecule has 0 radical (unpaired) electrons. The molecule has 8 nitrogen and oxygen atoms in total. The molecule has 0 aliphatic rings. The molecule has 29 heavy (non-hydrogen) atoms. The molecule has 0 amide bonds. The van der Waals surface area contributed by atoms with Crippen LogP contribution in [0.4, 0.5) is 17.2 Å². The molecule has 146 valence electrons. The number of nitrogens with zero attached hydrogens (tertiary/aromatic N) is 3. The molecule has 0 saturated carbocycles. The Labute approximate surface area is 169 Å². The number of benzene rings is 2. The standard InChI is InChI=1S/C20H16N4O4S/c1-11-21-19(23-16-9-13(24(26)27)5-8-17(16)25)18-15(10-29-20(18)22-11)12-3-6-14(28-2)7-4-12/h3-10,25H,1-2H3,(H,21,22,23). The van der Waals surface area contributed by atoms with Crippen LogP contribution in [0.5, 0.6) is 11.5 Å². The van der Waals surface area contributed by atoms with Crippen LogP contribution in [0.25, 0.3) is 21.3 Å². The van der Waals surface area contributed by atoms with E-state index in [1.54, 1.807) is 14.0 Å². The van der Waals surface area contributed by atoms with Crippen molar-refractivity contribution < 1.29 is 14.8 Å². The number of phenolic OH excluding ortho intramolecular Hbond substituents is 1. The second kappa shape index (κ2) is 7.36. The van der Waals surface area contributed by atoms with Gasteiger partial charge in [0.25, 0.3) is 5.69 Å². The van der Waals surface area contributed by atoms with Crippen molar-refractivity contribution in [1.82, 2.24) is 9.97 Å². The van der Waals surface area contributed by atoms with Crippen LogP contribution in [0.3, 0.4) is 0 Å². The molecule has 0 unspecified atom stereocenters. The number of phenols is 1. The number of aromatic nitrogens is 2. The predicted molar refractivity (Wildman–Crippen MR) is 112 cm³/mol. The summed E-state index contributed by atoms with van der Waals surface area (Å²) in [6, 6.07) is 11.4. The molecular formula is C20H16N4O4S. The van der Waals surface area contributed by atoms with Gasteiger partial charge in [-0.25, -0.2) is 9.97 Å². The highest BCUT2D eigenvalue weighted by molar-refractivity contribution is 7.17. The largest absolute Gasteiger partial charge is 0.506 e. The van der Waals surface area contributed by atoms with Gasteiger partial charge < -0.3 is 15.2 Å². The quantitative estimate of drug-likeness (QED) is 0.271. The zero-order valence-electron chi connectivity index (χ0n) is 15.5. The summed E-state index contributed by atoms with van der Waals surface area (Å²) < 4.78 is 5.22. The maximum absolute atomic E-state index is 11.1. The van der Waals surface area contributed by atoms with Crippen LogP contribution in [-0.2, 0) is 0 Å². The summed E-state index contributed by atoms with van der Waals surface area (Å²) in [5.41, 5.74) is 1.94. The Hall–Kier alpha value is -3.72. The number of ether oxygens (including phenoxy) is 1. The summed E-state index contributed by atoms with van der Waals surface area (Å²) >= 11 is 1.48. The van der Waals surface area contributed by atoms with E-state index in [-0.39, 0.29) is 17.1 Å². The molecule has 0 aliphatic carbocycles. The van der Waals surface area contributed by atoms with Crippen LogP contribution >= 0.6 is 11.3 Å². The van der Waals surface area contributed by atoms with E-state index in [1.165, 1.54) is 29.5 Å². The summed E-state index contributed by atoms with van der Waals surface area (Å²) in [6.07, 6.45) is 0. The maximum atomic E-state index is 11.1. The first-order valence-electron chi connectivity index (χ1n) is 8.61. The lowest BCUT2D eigenvalue weighted by Crippen LogP contribution is -1.99. The average Bonchev–Trinajstić information content (AvgIpc) is 3.13. The summed E-state index contributed by atoms with van der Waals surface area (Å²) in [5, 5.41) is 27.1. The number of nitro benzene ring substituents is 1. The van der Waals surface area contributed by atoms with Crippen molar-refractivity contribution in [2.45, 2.75) is 6.92 Å². The molecule has 0 atom stereocenters. The fourth-order valence-electron chi connectivity index (χ4n) is 2.99. The molecule has 2 heterocycles. The minimum Gasteiger partial charge on any atom is -0.506 e. The average molecular weight is 408 g/mol. The molecule has 0 fully saturated rings. The van der Waals surface area contributed by atoms with Crippen LogP contribution in [-0.4, -0.2) is 27.1 Å². The lowest BCUT2D eigenvalue weighted by molar-refractivity contribution is -0.384. The third-order valence-electron chi connectivity index (χ3n) is 4.39. The Morgan fingerprint density at radius 2 is 1.93 bits per heavy atom. The first-order valence-corrected chi connectivity index (χ1v) is 9.49. The Morgan fingerprint density at radius 3 is 2.62 bits per heavy atom. The predicted octanol–water partition coefficient (Wildman–Crippen LogP) is 5.03. The van der Waals surface area contributed by atoms with Crippen LogP contribution in [0.1, 0.15) is 5.82 Å². The van der Waals surface area contributed by atoms with Gasteiger partial charge in [0.05, 0.1) is 23.1 Å². The van der Waals surface area contributed by atoms with Crippen LogP contribution in [0.2, 0.25) is 0 Å². The zero-order chi connectivity index (χ0) is 20.5. The van der Waals surface area contributed by atoms with E-state index in [0.29, 0.717) is 11.6 Å². The lowest BCUT2D eigenvalue weighted by atomic mass is 10.1. The van der Waals surface area contributed by atoms with Gasteiger partial charge in [0, 0.05) is 23.1 Å². The van der Waals surface area contributed by atoms with Gasteiger partial charge in [-0.2, -0.15) is 0 Å². The van der Waals surface area contributed by atoms with E-state index in [2.05, 4.69) is 15.3 Å². The van der Waals surface area contributed by atoms with Crippen LogP contribution in [0.15, 0.2) is 47.8 Å². The van der Waals surface area contributed by atoms with Crippen molar-refractivity contribution in [2.24, 2.45) is 0 Å². The number of nitro groups is 1. The molecule has 4 rings (SSSR count). The molecule has 0 spiro atoms. The maximum Gasteiger partial charge on any atom is 0.271 e. The number of non-ortho nitro benzene ring substituents is 1. The highest BCUT2D eigenvalue weighted by Crippen LogP contribution is 2.39. The summed E-state index contributed by atoms with van der Waals surface area (Å²) in [4.78, 5) is 20.3. The molecule has 2 aromatic heterocycles. The molecule has 2 N–H and O–H groups in total. The van der Waals surface area contributed by atoms with E-state index in [1.807, 2.05) is 29.6 Å². The first-order chi connectivity index (χ1) is 14.0. The van der Waals surface area contributed by atoms with Gasteiger partial charge in [-0.1, -0.05) is 12.1 Å². The minimum absolute atomic E-state index is 0.110. The van der Waals surface area contributed by atoms with Gasteiger partial charge in [0.1, 0.15) is 28.0 Å². The van der Waals surface area contributed by atoms with Crippen LogP contribution < -0.4 is 10.1 Å². The third kappa shape index (κ3) is 3.55. The monoisotopic (exact) mass is 408 g/mol. The van der Waals surface area contributed by atoms with Crippen molar-refractivity contribution in [3.8, 4) is 22.6 Å². The van der Waals surface area contributed by atoms with Gasteiger partial charge in [0.15, 0.2) is 0 Å². The highest BCUT2D eigenvalue weighted by Gasteiger charge is 2.17. The number of methoxy groups -OCH3 is 1. The number of hydrogen-bond acceptors (Lipinski definition) is 8. The summed E-state index contributed by atoms with van der Waals surface area (Å²) in [5.74, 6) is 1.66. The van der Waals surface area contributed by atoms with Crippen molar-refractivity contribution in [1.29, 1.82) is 0 Å². The molecule has 0 aliphatic heterocycles. The second-order valence-corrected chi connectivity index (χ2v) is 7.12. The van der Waals surface area contributed by atoms with E-state index in [4.69, 9.17) is 4.74 Å². The van der Waals surface area contributed by atoms with E-state index in [0.717, 1.165) is 27.1 Å². The summed E-state index contributed by atoms with van der Waals surface area (Å²) in [7, 11) is 1.61. The number of hydrogen-bond donors (Lipinski definition) is 2. The first kappa shape index (κ1) is 18.6. The van der Waals surface area contributed by atoms with E-state index in [9.17, 15) is 15.2 Å². The Kier molecular flexibility index (Phi) is 4.73. The van der Waals surface area contributed by atoms with E-state index < -0.39 is 4.92 Å². The fourth-order valence-corrected chi connectivity index (χ4v) is 3.98. The molecule has 9 heteroatoms. The highest BCUT2D eigenvalue weighted by atomic mass is 32.1. The summed E-state index contributed by atoms with van der Waals surface area (Å²) in [6.45, 7) is 1.77. The molecule has 4 aromatic rings. The van der Waals surface area contributed by atoms with Gasteiger partial charge in [-0.3, -0.25) is 10.1 Å². The lowest BCUT2D eigenvalue weighted by Gasteiger charge is -2.11. The minimum atomic E-state index is -0.515. The van der Waals surface area contributed by atoms with Gasteiger partial charge in [0.2, 0.25) is 0 Å². The van der Waals surface area contributed by atoms with Gasteiger partial charge in [-0.05, 0) is 30.7 Å². The second-order valence-electron chi connectivity index (χ2n) is 6.26. The Balaban J connectivity index is 1.85. The third-order valence-corrected chi connectivity index (χ3v) is 5.26. The number of nitrogens with one attached hydrogen (secondary N) is 1. The number of aryl methyl sites for hydroxylation is 1. The number of thiophene rings is 1. The SMILES string of the molecule is COc1ccc(-c2csc3nc(C)nc(Nc4cc([N+](=O)[O-])ccc4O)c23)cc1. The van der Waals surface area contributed by atoms with Crippen molar-refractivity contribution >= 4 is 38.7 Å². The van der Waals surface area contributed by atoms with Gasteiger partial charge >= 0.3 is 0 Å². The number of anilines is 2. The van der Waals surface area contributed by atoms with Crippen molar-refractivity contribution in [2.75, 3.05) is 12.4 Å². The Bertz CT molecular complexity index is 1220. The Morgan fingerprint density at radius 1 is 1.17 bits per heavy atom. The van der Waals surface area contributed by atoms with Gasteiger partial charge in [-0.15, -0.1) is 11.3 Å². The van der Waals surface area contributed by atoms with Crippen molar-refractivity contribution in [3.05, 3.63) is 63.8 Å². The topological polar surface area (TPSA) is 110 Å². The number of aromatic hydroxyl groups is 1. The number of fused-ring (bicyclic) bond motifs is 1. The smallest absolute Gasteiger partial charge is 0.271 e. The van der Waals surface area contributed by atoms with E-state index >= 15 is 0 Å².